The van der Waals surface area contributed by atoms with Crippen molar-refractivity contribution in [1.82, 2.24) is 4.22 Å². The highest BCUT2D eigenvalue weighted by atomic mass is 32.1. The van der Waals surface area contributed by atoms with Crippen LogP contribution in [0.15, 0.2) is 23.5 Å². The van der Waals surface area contributed by atoms with E-state index in [1.165, 1.54) is 5.57 Å². The van der Waals surface area contributed by atoms with Crippen molar-refractivity contribution in [3.05, 3.63) is 23.5 Å². The van der Waals surface area contributed by atoms with Gasteiger partial charge in [0.1, 0.15) is 5.60 Å². The van der Waals surface area contributed by atoms with Crippen LogP contribution in [0.1, 0.15) is 40.5 Å². The van der Waals surface area contributed by atoms with Crippen LogP contribution in [0.2, 0.25) is 0 Å². The average Bonchev–Trinajstić information content (AvgIpc) is 2.20. The molecule has 0 aromatic carbocycles. The molecule has 0 saturated heterocycles. The number of rotatable bonds is 4. The molecule has 0 N–H and O–H groups in total. The summed E-state index contributed by atoms with van der Waals surface area (Å²) in [6.45, 7) is 8.49. The van der Waals surface area contributed by atoms with Crippen molar-refractivity contribution in [3.63, 3.8) is 0 Å². The Bertz CT molecular complexity index is 310. The SMILES string of the molecule is BN(S)C(C)C(C)(C)OC1=CC=C(C)CC1. The molecule has 0 aromatic heterocycles. The zero-order chi connectivity index (χ0) is 12.3. The molecule has 2 nitrogen and oxygen atoms in total. The summed E-state index contributed by atoms with van der Waals surface area (Å²) < 4.78 is 7.97. The van der Waals surface area contributed by atoms with Gasteiger partial charge >= 0.3 is 0 Å². The van der Waals surface area contributed by atoms with Crippen molar-refractivity contribution >= 4 is 20.8 Å². The largest absolute Gasteiger partial charge is 0.491 e. The summed E-state index contributed by atoms with van der Waals surface area (Å²) >= 11 is 4.34. The van der Waals surface area contributed by atoms with Gasteiger partial charge in [-0.3, -0.25) is 4.22 Å². The first-order chi connectivity index (χ1) is 7.33. The first-order valence-electron chi connectivity index (χ1n) is 5.80. The molecule has 1 atom stereocenters. The van der Waals surface area contributed by atoms with Crippen LogP contribution in [-0.2, 0) is 4.74 Å². The summed E-state index contributed by atoms with van der Waals surface area (Å²) in [5.74, 6) is 1.08. The molecule has 0 amide bonds. The fourth-order valence-corrected chi connectivity index (χ4v) is 1.96. The van der Waals surface area contributed by atoms with Crippen molar-refractivity contribution in [2.75, 3.05) is 0 Å². The second kappa shape index (κ2) is 5.32. The van der Waals surface area contributed by atoms with Gasteiger partial charge in [-0.15, -0.1) is 12.8 Å². The fraction of sp³-hybridized carbons (Fsp3) is 0.667. The van der Waals surface area contributed by atoms with Crippen molar-refractivity contribution in [1.29, 1.82) is 0 Å². The Morgan fingerprint density at radius 3 is 2.50 bits per heavy atom. The van der Waals surface area contributed by atoms with Crippen LogP contribution in [0.25, 0.3) is 0 Å². The minimum Gasteiger partial charge on any atom is -0.491 e. The minimum atomic E-state index is -0.221. The second-order valence-corrected chi connectivity index (χ2v) is 5.73. The molecule has 0 spiro atoms. The number of nitrogens with zero attached hydrogens (tertiary/aromatic N) is 1. The normalized spacial score (nSPS) is 19.1. The lowest BCUT2D eigenvalue weighted by Crippen LogP contribution is -2.44. The molecule has 1 aliphatic rings. The standard InChI is InChI=1S/C12H22BNOS/c1-9-5-7-11(8-6-9)15-12(3,4)10(2)14(13)16/h5,7,10,16H,6,8,13H2,1-4H3. The molecule has 0 aromatic rings. The molecule has 0 radical (unpaired) electrons. The fourth-order valence-electron chi connectivity index (χ4n) is 1.68. The van der Waals surface area contributed by atoms with Crippen LogP contribution < -0.4 is 0 Å². The lowest BCUT2D eigenvalue weighted by Gasteiger charge is -2.37. The zero-order valence-corrected chi connectivity index (χ0v) is 11.8. The van der Waals surface area contributed by atoms with Gasteiger partial charge in [0.05, 0.1) is 5.76 Å². The zero-order valence-electron chi connectivity index (χ0n) is 10.9. The minimum absolute atomic E-state index is 0.221. The lowest BCUT2D eigenvalue weighted by atomic mass is 9.97. The number of hydrogen-bond donors (Lipinski definition) is 1. The highest BCUT2D eigenvalue weighted by Gasteiger charge is 2.30. The second-order valence-electron chi connectivity index (χ2n) is 5.10. The Morgan fingerprint density at radius 1 is 1.44 bits per heavy atom. The Balaban J connectivity index is 2.66. The van der Waals surface area contributed by atoms with Crippen molar-refractivity contribution < 1.29 is 4.74 Å². The third-order valence-electron chi connectivity index (χ3n) is 3.28. The smallest absolute Gasteiger partial charge is 0.200 e. The van der Waals surface area contributed by atoms with Crippen molar-refractivity contribution in [2.24, 2.45) is 0 Å². The summed E-state index contributed by atoms with van der Waals surface area (Å²) in [6.07, 6.45) is 6.34. The van der Waals surface area contributed by atoms with Crippen LogP contribution in [-0.4, -0.2) is 23.8 Å². The van der Waals surface area contributed by atoms with Crippen LogP contribution in [0.3, 0.4) is 0 Å². The van der Waals surface area contributed by atoms with Gasteiger partial charge in [-0.1, -0.05) is 11.6 Å². The van der Waals surface area contributed by atoms with E-state index in [9.17, 15) is 0 Å². The number of ether oxygens (including phenoxy) is 1. The van der Waals surface area contributed by atoms with E-state index in [1.54, 1.807) is 0 Å². The van der Waals surface area contributed by atoms with E-state index in [4.69, 9.17) is 4.74 Å². The predicted octanol–water partition coefficient (Wildman–Crippen LogP) is 2.49. The Hall–Kier alpha value is -0.345. The van der Waals surface area contributed by atoms with E-state index in [0.29, 0.717) is 0 Å². The van der Waals surface area contributed by atoms with E-state index >= 15 is 0 Å². The maximum atomic E-state index is 6.08. The third-order valence-corrected chi connectivity index (χ3v) is 3.63. The summed E-state index contributed by atoms with van der Waals surface area (Å²) in [5.41, 5.74) is 1.20. The van der Waals surface area contributed by atoms with E-state index in [2.05, 4.69) is 52.7 Å². The average molecular weight is 239 g/mol. The molecule has 0 saturated carbocycles. The molecule has 1 unspecified atom stereocenters. The quantitative estimate of drug-likeness (QED) is 0.597. The van der Waals surface area contributed by atoms with Crippen LogP contribution in [0.4, 0.5) is 0 Å². The van der Waals surface area contributed by atoms with Crippen molar-refractivity contribution in [2.45, 2.75) is 52.2 Å². The van der Waals surface area contributed by atoms with Crippen LogP contribution in [0, 0.1) is 0 Å². The molecular formula is C12H22BNOS. The summed E-state index contributed by atoms with van der Waals surface area (Å²) in [7, 11) is 1.96. The molecule has 4 heteroatoms. The van der Waals surface area contributed by atoms with Crippen LogP contribution >= 0.6 is 12.8 Å². The topological polar surface area (TPSA) is 12.5 Å². The Kier molecular flexibility index (Phi) is 4.56. The van der Waals surface area contributed by atoms with Crippen molar-refractivity contribution in [3.8, 4) is 0 Å². The van der Waals surface area contributed by atoms with Gasteiger partial charge in [0.2, 0.25) is 0 Å². The first kappa shape index (κ1) is 13.7. The molecule has 1 rings (SSSR count). The molecular weight excluding hydrogens is 217 g/mol. The molecule has 0 fully saturated rings. The van der Waals surface area contributed by atoms with Gasteiger partial charge < -0.3 is 4.74 Å². The maximum Gasteiger partial charge on any atom is 0.200 e. The van der Waals surface area contributed by atoms with E-state index in [-0.39, 0.29) is 11.6 Å². The van der Waals surface area contributed by atoms with Gasteiger partial charge in [0, 0.05) is 12.5 Å². The van der Waals surface area contributed by atoms with E-state index in [0.717, 1.165) is 18.6 Å². The van der Waals surface area contributed by atoms with Crippen LogP contribution in [0.5, 0.6) is 0 Å². The lowest BCUT2D eigenvalue weighted by molar-refractivity contribution is -0.00455. The van der Waals surface area contributed by atoms with Gasteiger partial charge in [-0.25, -0.2) is 0 Å². The monoisotopic (exact) mass is 239 g/mol. The van der Waals surface area contributed by atoms with Gasteiger partial charge in [0.25, 0.3) is 0 Å². The molecule has 0 aliphatic heterocycles. The first-order valence-corrected chi connectivity index (χ1v) is 6.20. The predicted molar refractivity (Wildman–Crippen MR) is 75.1 cm³/mol. The highest BCUT2D eigenvalue weighted by Crippen LogP contribution is 2.27. The summed E-state index contributed by atoms with van der Waals surface area (Å²) in [5, 5.41) is 0. The van der Waals surface area contributed by atoms with Gasteiger partial charge in [-0.05, 0) is 40.2 Å². The number of allylic oxidation sites excluding steroid dienone is 4. The summed E-state index contributed by atoms with van der Waals surface area (Å²) in [4.78, 5) is 0. The Morgan fingerprint density at radius 2 is 2.06 bits per heavy atom. The number of hydrogen-bond acceptors (Lipinski definition) is 3. The third kappa shape index (κ3) is 3.60. The Labute approximate surface area is 106 Å². The molecule has 90 valence electrons. The molecule has 16 heavy (non-hydrogen) atoms. The molecule has 1 aliphatic carbocycles. The summed E-state index contributed by atoms with van der Waals surface area (Å²) in [6, 6.07) is 0.253. The molecule has 0 bridgehead atoms. The van der Waals surface area contributed by atoms with E-state index in [1.807, 2.05) is 12.2 Å². The van der Waals surface area contributed by atoms with Gasteiger partial charge in [0.15, 0.2) is 7.98 Å². The number of thiol groups is 1. The maximum absolute atomic E-state index is 6.08. The van der Waals surface area contributed by atoms with E-state index < -0.39 is 0 Å². The highest BCUT2D eigenvalue weighted by molar-refractivity contribution is 7.78. The van der Waals surface area contributed by atoms with Gasteiger partial charge in [-0.2, -0.15) is 0 Å². The molecule has 0 heterocycles.